The fraction of sp³-hybridized carbons (Fsp3) is 0.727. The lowest BCUT2D eigenvalue weighted by Gasteiger charge is -2.26. The van der Waals surface area contributed by atoms with Crippen LogP contribution in [0.2, 0.25) is 0 Å². The molecule has 1 aliphatic heterocycles. The molecule has 3 atom stereocenters. The van der Waals surface area contributed by atoms with Gasteiger partial charge in [0, 0.05) is 18.3 Å². The van der Waals surface area contributed by atoms with Crippen LogP contribution in [0.15, 0.2) is 12.2 Å². The Morgan fingerprint density at radius 2 is 2.00 bits per heavy atom. The maximum absolute atomic E-state index is 11.2. The summed E-state index contributed by atoms with van der Waals surface area (Å²) >= 11 is 0. The molecule has 0 radical (unpaired) electrons. The third-order valence-corrected chi connectivity index (χ3v) is 4.02. The molecule has 0 N–H and O–H groups in total. The Labute approximate surface area is 78.0 Å². The summed E-state index contributed by atoms with van der Waals surface area (Å²) in [5, 5.41) is 0. The monoisotopic (exact) mass is 178 g/mol. The molecule has 0 aromatic carbocycles. The molecule has 2 saturated carbocycles. The summed E-state index contributed by atoms with van der Waals surface area (Å²) in [4.78, 5) is 11.2. The van der Waals surface area contributed by atoms with Crippen molar-refractivity contribution in [3.63, 3.8) is 0 Å². The first-order chi connectivity index (χ1) is 6.21. The molecule has 3 fully saturated rings. The Hall–Kier alpha value is -0.790. The zero-order chi connectivity index (χ0) is 9.05. The van der Waals surface area contributed by atoms with E-state index < -0.39 is 0 Å². The molecule has 70 valence electrons. The lowest BCUT2D eigenvalue weighted by molar-refractivity contribution is -0.150. The molecule has 2 aliphatic carbocycles. The Morgan fingerprint density at radius 1 is 1.31 bits per heavy atom. The van der Waals surface area contributed by atoms with Crippen molar-refractivity contribution in [2.75, 3.05) is 0 Å². The van der Waals surface area contributed by atoms with Gasteiger partial charge in [0.25, 0.3) is 0 Å². The van der Waals surface area contributed by atoms with E-state index in [0.29, 0.717) is 18.3 Å². The molecule has 0 amide bonds. The van der Waals surface area contributed by atoms with Gasteiger partial charge < -0.3 is 4.74 Å². The third kappa shape index (κ3) is 0.812. The SMILES string of the molecule is C=C1C[C@@H]2CC[C@H]3CC(=O)OC23C1. The van der Waals surface area contributed by atoms with Crippen LogP contribution in [0, 0.1) is 11.8 Å². The van der Waals surface area contributed by atoms with Crippen LogP contribution in [0.3, 0.4) is 0 Å². The number of ether oxygens (including phenoxy) is 1. The fourth-order valence-electron chi connectivity index (χ4n) is 3.53. The van der Waals surface area contributed by atoms with Crippen LogP contribution in [0.5, 0.6) is 0 Å². The van der Waals surface area contributed by atoms with Gasteiger partial charge in [0.05, 0.1) is 6.42 Å². The lowest BCUT2D eigenvalue weighted by Crippen LogP contribution is -2.33. The highest BCUT2D eigenvalue weighted by molar-refractivity contribution is 5.73. The highest BCUT2D eigenvalue weighted by Crippen LogP contribution is 2.58. The zero-order valence-electron chi connectivity index (χ0n) is 7.71. The van der Waals surface area contributed by atoms with E-state index in [1.807, 2.05) is 0 Å². The number of hydrogen-bond acceptors (Lipinski definition) is 2. The van der Waals surface area contributed by atoms with E-state index in [1.165, 1.54) is 18.4 Å². The Morgan fingerprint density at radius 3 is 2.77 bits per heavy atom. The molecule has 1 spiro atoms. The van der Waals surface area contributed by atoms with E-state index in [2.05, 4.69) is 6.58 Å². The Balaban J connectivity index is 2.00. The number of rotatable bonds is 0. The van der Waals surface area contributed by atoms with E-state index in [4.69, 9.17) is 4.74 Å². The minimum absolute atomic E-state index is 0.0180. The van der Waals surface area contributed by atoms with Gasteiger partial charge >= 0.3 is 5.97 Å². The largest absolute Gasteiger partial charge is 0.458 e. The maximum atomic E-state index is 11.2. The first-order valence-electron chi connectivity index (χ1n) is 5.09. The van der Waals surface area contributed by atoms with E-state index in [9.17, 15) is 4.79 Å². The van der Waals surface area contributed by atoms with Gasteiger partial charge in [0.2, 0.25) is 0 Å². The summed E-state index contributed by atoms with van der Waals surface area (Å²) in [6.45, 7) is 4.03. The van der Waals surface area contributed by atoms with Crippen LogP contribution < -0.4 is 0 Å². The summed E-state index contributed by atoms with van der Waals surface area (Å²) in [6, 6.07) is 0. The van der Waals surface area contributed by atoms with E-state index in [1.54, 1.807) is 0 Å². The molecule has 2 nitrogen and oxygen atoms in total. The van der Waals surface area contributed by atoms with Crippen LogP contribution >= 0.6 is 0 Å². The average Bonchev–Trinajstić information content (AvgIpc) is 2.56. The van der Waals surface area contributed by atoms with Crippen LogP contribution in [-0.4, -0.2) is 11.6 Å². The molecule has 0 bridgehead atoms. The minimum Gasteiger partial charge on any atom is -0.458 e. The molecular weight excluding hydrogens is 164 g/mol. The molecule has 1 saturated heterocycles. The predicted molar refractivity (Wildman–Crippen MR) is 48.0 cm³/mol. The van der Waals surface area contributed by atoms with Crippen molar-refractivity contribution >= 4 is 5.97 Å². The number of hydrogen-bond donors (Lipinski definition) is 0. The molecular formula is C11H14O2. The first kappa shape index (κ1) is 7.60. The van der Waals surface area contributed by atoms with Gasteiger partial charge in [0.15, 0.2) is 0 Å². The van der Waals surface area contributed by atoms with Gasteiger partial charge in [-0.05, 0) is 19.3 Å². The second kappa shape index (κ2) is 2.17. The summed E-state index contributed by atoms with van der Waals surface area (Å²) < 4.78 is 5.57. The zero-order valence-corrected chi connectivity index (χ0v) is 7.71. The molecule has 0 aromatic rings. The van der Waals surface area contributed by atoms with Crippen molar-refractivity contribution in [3.8, 4) is 0 Å². The quantitative estimate of drug-likeness (QED) is 0.419. The fourth-order valence-corrected chi connectivity index (χ4v) is 3.53. The second-order valence-corrected chi connectivity index (χ2v) is 4.74. The van der Waals surface area contributed by atoms with Gasteiger partial charge in [-0.2, -0.15) is 0 Å². The Kier molecular flexibility index (Phi) is 1.27. The van der Waals surface area contributed by atoms with Gasteiger partial charge in [-0.15, -0.1) is 0 Å². The van der Waals surface area contributed by atoms with Gasteiger partial charge in [-0.25, -0.2) is 0 Å². The van der Waals surface area contributed by atoms with Crippen molar-refractivity contribution in [2.45, 2.75) is 37.7 Å². The van der Waals surface area contributed by atoms with Crippen LogP contribution in [0.25, 0.3) is 0 Å². The standard InChI is InChI=1S/C11H14O2/c1-7-4-8-2-3-9-5-10(12)13-11(8,9)6-7/h8-9H,1-6H2/t8-,9-,11?/m0/s1. The first-order valence-corrected chi connectivity index (χ1v) is 5.09. The minimum atomic E-state index is -0.0891. The molecule has 13 heavy (non-hydrogen) atoms. The normalized spacial score (nSPS) is 47.7. The van der Waals surface area contributed by atoms with Crippen LogP contribution in [0.4, 0.5) is 0 Å². The van der Waals surface area contributed by atoms with Gasteiger partial charge in [-0.3, -0.25) is 4.79 Å². The summed E-state index contributed by atoms with van der Waals surface area (Å²) in [6.07, 6.45) is 5.10. The van der Waals surface area contributed by atoms with Crippen molar-refractivity contribution in [1.82, 2.24) is 0 Å². The van der Waals surface area contributed by atoms with Gasteiger partial charge in [0.1, 0.15) is 5.60 Å². The molecule has 3 rings (SSSR count). The van der Waals surface area contributed by atoms with Gasteiger partial charge in [-0.1, -0.05) is 12.2 Å². The lowest BCUT2D eigenvalue weighted by atomic mass is 9.87. The van der Waals surface area contributed by atoms with Crippen LogP contribution in [0.1, 0.15) is 32.1 Å². The number of esters is 1. The van der Waals surface area contributed by atoms with Crippen molar-refractivity contribution < 1.29 is 9.53 Å². The maximum Gasteiger partial charge on any atom is 0.306 e. The van der Waals surface area contributed by atoms with E-state index in [-0.39, 0.29) is 11.6 Å². The number of carbonyl (C=O) groups is 1. The average molecular weight is 178 g/mol. The smallest absolute Gasteiger partial charge is 0.306 e. The highest BCUT2D eigenvalue weighted by atomic mass is 16.6. The Bertz CT molecular complexity index is 262. The molecule has 0 aromatic heterocycles. The molecule has 1 heterocycles. The third-order valence-electron chi connectivity index (χ3n) is 4.02. The summed E-state index contributed by atoms with van der Waals surface area (Å²) in [5.41, 5.74) is 1.19. The van der Waals surface area contributed by atoms with E-state index >= 15 is 0 Å². The van der Waals surface area contributed by atoms with Crippen molar-refractivity contribution in [2.24, 2.45) is 11.8 Å². The van der Waals surface area contributed by atoms with Crippen molar-refractivity contribution in [1.29, 1.82) is 0 Å². The summed E-state index contributed by atoms with van der Waals surface area (Å²) in [5.74, 6) is 1.12. The number of carbonyl (C=O) groups excluding carboxylic acids is 1. The summed E-state index contributed by atoms with van der Waals surface area (Å²) in [7, 11) is 0. The second-order valence-electron chi connectivity index (χ2n) is 4.74. The van der Waals surface area contributed by atoms with Crippen molar-refractivity contribution in [3.05, 3.63) is 12.2 Å². The van der Waals surface area contributed by atoms with E-state index in [0.717, 1.165) is 12.8 Å². The molecule has 3 aliphatic rings. The topological polar surface area (TPSA) is 26.3 Å². The highest BCUT2D eigenvalue weighted by Gasteiger charge is 2.60. The van der Waals surface area contributed by atoms with Crippen LogP contribution in [-0.2, 0) is 9.53 Å². The molecule has 2 heteroatoms. The molecule has 1 unspecified atom stereocenters. The predicted octanol–water partition coefficient (Wildman–Crippen LogP) is 2.05.